The molecule has 1 aromatic carbocycles. The number of amides is 1. The summed E-state index contributed by atoms with van der Waals surface area (Å²) in [6, 6.07) is 9.34. The van der Waals surface area contributed by atoms with Gasteiger partial charge in [0.2, 0.25) is 0 Å². The Labute approximate surface area is 157 Å². The maximum Gasteiger partial charge on any atom is 0.272 e. The summed E-state index contributed by atoms with van der Waals surface area (Å²) in [7, 11) is 1.90. The minimum Gasteiger partial charge on any atom is -0.333 e. The molecule has 26 heavy (non-hydrogen) atoms. The second-order valence-electron chi connectivity index (χ2n) is 6.29. The highest BCUT2D eigenvalue weighted by Gasteiger charge is 2.20. The lowest BCUT2D eigenvalue weighted by atomic mass is 10.1. The molecule has 2 aromatic heterocycles. The van der Waals surface area contributed by atoms with Gasteiger partial charge >= 0.3 is 0 Å². The van der Waals surface area contributed by atoms with E-state index in [4.69, 9.17) is 11.6 Å². The summed E-state index contributed by atoms with van der Waals surface area (Å²) in [5.41, 5.74) is 5.05. The standard InChI is InChI=1S/C19H22ClN5O/c1-5-25(11-14-7-6-8-15(20)9-14)19(26)17-10-16(21-22-17)18-12(2)23-24(4)13(18)3/h6-10H,5,11H2,1-4H3,(H,21,22). The second kappa shape index (κ2) is 7.33. The molecule has 3 rings (SSSR count). The summed E-state index contributed by atoms with van der Waals surface area (Å²) in [4.78, 5) is 14.6. The zero-order valence-corrected chi connectivity index (χ0v) is 16.1. The monoisotopic (exact) mass is 371 g/mol. The number of nitrogens with zero attached hydrogens (tertiary/aromatic N) is 4. The van der Waals surface area contributed by atoms with E-state index in [1.54, 1.807) is 11.0 Å². The van der Waals surface area contributed by atoms with Gasteiger partial charge < -0.3 is 4.90 Å². The molecule has 0 radical (unpaired) electrons. The molecule has 6 nitrogen and oxygen atoms in total. The zero-order valence-electron chi connectivity index (χ0n) is 15.4. The number of aromatic amines is 1. The van der Waals surface area contributed by atoms with Crippen molar-refractivity contribution in [3.63, 3.8) is 0 Å². The van der Waals surface area contributed by atoms with Crippen LogP contribution in [0.25, 0.3) is 11.3 Å². The van der Waals surface area contributed by atoms with Gasteiger partial charge in [0.1, 0.15) is 5.69 Å². The van der Waals surface area contributed by atoms with Crippen LogP contribution in [0.2, 0.25) is 5.02 Å². The first-order chi connectivity index (χ1) is 12.4. The van der Waals surface area contributed by atoms with E-state index in [2.05, 4.69) is 15.3 Å². The van der Waals surface area contributed by atoms with E-state index in [1.165, 1.54) is 0 Å². The molecule has 0 aliphatic heterocycles. The Kier molecular flexibility index (Phi) is 5.13. The molecular weight excluding hydrogens is 350 g/mol. The highest BCUT2D eigenvalue weighted by molar-refractivity contribution is 6.30. The summed E-state index contributed by atoms with van der Waals surface area (Å²) < 4.78 is 1.82. The van der Waals surface area contributed by atoms with Crippen molar-refractivity contribution < 1.29 is 4.79 Å². The third kappa shape index (κ3) is 3.51. The average Bonchev–Trinajstić information content (AvgIpc) is 3.17. The molecule has 0 atom stereocenters. The maximum atomic E-state index is 12.9. The molecule has 0 unspecified atom stereocenters. The summed E-state index contributed by atoms with van der Waals surface area (Å²) in [6.45, 7) is 6.97. The van der Waals surface area contributed by atoms with E-state index in [0.717, 1.165) is 28.2 Å². The molecule has 136 valence electrons. The summed E-state index contributed by atoms with van der Waals surface area (Å²) >= 11 is 6.04. The van der Waals surface area contributed by atoms with Crippen LogP contribution < -0.4 is 0 Å². The van der Waals surface area contributed by atoms with Crippen molar-refractivity contribution in [2.45, 2.75) is 27.3 Å². The van der Waals surface area contributed by atoms with E-state index < -0.39 is 0 Å². The van der Waals surface area contributed by atoms with Gasteiger partial charge in [-0.2, -0.15) is 10.2 Å². The van der Waals surface area contributed by atoms with Crippen LogP contribution in [0.3, 0.4) is 0 Å². The Morgan fingerprint density at radius 2 is 2.08 bits per heavy atom. The van der Waals surface area contributed by atoms with Crippen LogP contribution in [-0.2, 0) is 13.6 Å². The number of carbonyl (C=O) groups excluding carboxylic acids is 1. The number of hydrogen-bond donors (Lipinski definition) is 1. The van der Waals surface area contributed by atoms with E-state index in [1.807, 2.05) is 56.8 Å². The molecule has 0 bridgehead atoms. The third-order valence-corrected chi connectivity index (χ3v) is 4.74. The van der Waals surface area contributed by atoms with Crippen LogP contribution in [0.1, 0.15) is 34.4 Å². The van der Waals surface area contributed by atoms with Crippen LogP contribution in [0, 0.1) is 13.8 Å². The van der Waals surface area contributed by atoms with E-state index in [-0.39, 0.29) is 5.91 Å². The lowest BCUT2D eigenvalue weighted by Crippen LogP contribution is -2.30. The molecule has 0 fully saturated rings. The van der Waals surface area contributed by atoms with Gasteiger partial charge in [0, 0.05) is 36.4 Å². The molecule has 3 aromatic rings. The number of halogens is 1. The molecule has 0 aliphatic carbocycles. The van der Waals surface area contributed by atoms with Gasteiger partial charge in [-0.3, -0.25) is 14.6 Å². The van der Waals surface area contributed by atoms with Gasteiger partial charge in [0.25, 0.3) is 5.91 Å². The topological polar surface area (TPSA) is 66.8 Å². The molecule has 7 heteroatoms. The molecule has 0 saturated carbocycles. The highest BCUT2D eigenvalue weighted by atomic mass is 35.5. The van der Waals surface area contributed by atoms with Gasteiger partial charge in [-0.15, -0.1) is 0 Å². The van der Waals surface area contributed by atoms with Gasteiger partial charge in [-0.25, -0.2) is 0 Å². The Bertz CT molecular complexity index is 943. The van der Waals surface area contributed by atoms with Crippen LogP contribution >= 0.6 is 11.6 Å². The summed E-state index contributed by atoms with van der Waals surface area (Å²) in [6.07, 6.45) is 0. The third-order valence-electron chi connectivity index (χ3n) is 4.50. The number of aryl methyl sites for hydroxylation is 2. The van der Waals surface area contributed by atoms with E-state index in [0.29, 0.717) is 23.8 Å². The van der Waals surface area contributed by atoms with E-state index in [9.17, 15) is 4.79 Å². The number of nitrogens with one attached hydrogen (secondary N) is 1. The number of rotatable bonds is 5. The SMILES string of the molecule is CCN(Cc1cccc(Cl)c1)C(=O)c1cc(-c2c(C)nn(C)c2C)n[nH]1. The number of benzene rings is 1. The van der Waals surface area contributed by atoms with Crippen molar-refractivity contribution in [1.29, 1.82) is 0 Å². The average molecular weight is 372 g/mol. The first-order valence-corrected chi connectivity index (χ1v) is 8.88. The number of aromatic nitrogens is 4. The molecule has 0 spiro atoms. The second-order valence-corrected chi connectivity index (χ2v) is 6.72. The van der Waals surface area contributed by atoms with Gasteiger partial charge in [-0.05, 0) is 44.5 Å². The fourth-order valence-electron chi connectivity index (χ4n) is 3.06. The number of carbonyl (C=O) groups is 1. The first-order valence-electron chi connectivity index (χ1n) is 8.50. The fourth-order valence-corrected chi connectivity index (χ4v) is 3.27. The normalized spacial score (nSPS) is 11.0. The van der Waals surface area contributed by atoms with Crippen molar-refractivity contribution in [1.82, 2.24) is 24.9 Å². The Balaban J connectivity index is 1.84. The molecular formula is C19H22ClN5O. The van der Waals surface area contributed by atoms with Crippen molar-refractivity contribution in [3.8, 4) is 11.3 Å². The largest absolute Gasteiger partial charge is 0.333 e. The van der Waals surface area contributed by atoms with Crippen molar-refractivity contribution in [2.75, 3.05) is 6.54 Å². The van der Waals surface area contributed by atoms with Crippen molar-refractivity contribution in [2.24, 2.45) is 7.05 Å². The zero-order chi connectivity index (χ0) is 18.8. The molecule has 0 saturated heterocycles. The van der Waals surface area contributed by atoms with E-state index >= 15 is 0 Å². The molecule has 0 aliphatic rings. The first kappa shape index (κ1) is 18.2. The minimum atomic E-state index is -0.0922. The van der Waals surface area contributed by atoms with Crippen LogP contribution in [0.15, 0.2) is 30.3 Å². The van der Waals surface area contributed by atoms with Gasteiger partial charge in [-0.1, -0.05) is 23.7 Å². The predicted molar refractivity (Wildman–Crippen MR) is 102 cm³/mol. The number of H-pyrrole nitrogens is 1. The lowest BCUT2D eigenvalue weighted by Gasteiger charge is -2.20. The van der Waals surface area contributed by atoms with Gasteiger partial charge in [0.15, 0.2) is 0 Å². The Morgan fingerprint density at radius 1 is 1.31 bits per heavy atom. The number of hydrogen-bond acceptors (Lipinski definition) is 3. The molecule has 2 heterocycles. The summed E-state index contributed by atoms with van der Waals surface area (Å²) in [5, 5.41) is 12.3. The summed E-state index contributed by atoms with van der Waals surface area (Å²) in [5.74, 6) is -0.0922. The smallest absolute Gasteiger partial charge is 0.272 e. The molecule has 1 N–H and O–H groups in total. The quantitative estimate of drug-likeness (QED) is 0.742. The predicted octanol–water partition coefficient (Wildman–Crippen LogP) is 3.74. The van der Waals surface area contributed by atoms with Crippen molar-refractivity contribution >= 4 is 17.5 Å². The minimum absolute atomic E-state index is 0.0922. The lowest BCUT2D eigenvalue weighted by molar-refractivity contribution is 0.0746. The fraction of sp³-hybridized carbons (Fsp3) is 0.316. The maximum absolute atomic E-state index is 12.9. The van der Waals surface area contributed by atoms with Crippen molar-refractivity contribution in [3.05, 3.63) is 58.0 Å². The Morgan fingerprint density at radius 3 is 2.69 bits per heavy atom. The molecule has 1 amide bonds. The van der Waals surface area contributed by atoms with Crippen LogP contribution in [-0.4, -0.2) is 37.3 Å². The van der Waals surface area contributed by atoms with Crippen LogP contribution in [0.5, 0.6) is 0 Å². The van der Waals surface area contributed by atoms with Crippen LogP contribution in [0.4, 0.5) is 0 Å². The Hall–Kier alpha value is -2.60. The highest BCUT2D eigenvalue weighted by Crippen LogP contribution is 2.25. The van der Waals surface area contributed by atoms with Gasteiger partial charge in [0.05, 0.1) is 11.4 Å².